The van der Waals surface area contributed by atoms with E-state index < -0.39 is 0 Å². The number of hydrogen-bond donors (Lipinski definition) is 0. The molecule has 17 heavy (non-hydrogen) atoms. The Morgan fingerprint density at radius 2 is 2.35 bits per heavy atom. The highest BCUT2D eigenvalue weighted by Crippen LogP contribution is 2.32. The van der Waals surface area contributed by atoms with Gasteiger partial charge in [-0.2, -0.15) is 0 Å². The Bertz CT molecular complexity index is 425. The van der Waals surface area contributed by atoms with E-state index in [9.17, 15) is 4.79 Å². The van der Waals surface area contributed by atoms with Gasteiger partial charge in [0.25, 0.3) is 0 Å². The number of pyridine rings is 1. The van der Waals surface area contributed by atoms with Crippen molar-refractivity contribution >= 4 is 23.3 Å². The highest BCUT2D eigenvalue weighted by molar-refractivity contribution is 6.33. The summed E-state index contributed by atoms with van der Waals surface area (Å²) in [6, 6.07) is 1.87. The maximum Gasteiger partial charge on any atom is 0.310 e. The molecule has 0 N–H and O–H groups in total. The van der Waals surface area contributed by atoms with Crippen molar-refractivity contribution < 1.29 is 9.53 Å². The monoisotopic (exact) mass is 254 g/mol. The number of anilines is 1. The number of hydrogen-bond acceptors (Lipinski definition) is 4. The van der Waals surface area contributed by atoms with Gasteiger partial charge in [-0.15, -0.1) is 0 Å². The van der Waals surface area contributed by atoms with Gasteiger partial charge in [0.05, 0.1) is 23.7 Å². The molecule has 1 saturated heterocycles. The van der Waals surface area contributed by atoms with E-state index in [-0.39, 0.29) is 17.8 Å². The number of halogens is 1. The first kappa shape index (κ1) is 12.2. The van der Waals surface area contributed by atoms with Gasteiger partial charge in [0.15, 0.2) is 0 Å². The molecule has 1 aliphatic heterocycles. The lowest BCUT2D eigenvalue weighted by Gasteiger charge is -2.19. The van der Waals surface area contributed by atoms with Crippen LogP contribution in [0.1, 0.15) is 6.92 Å². The van der Waals surface area contributed by atoms with E-state index in [4.69, 9.17) is 16.3 Å². The standard InChI is InChI=1S/C12H15ClN2O2/c1-8-6-15(7-9(8)12(16)17-2)11-3-4-14-5-10(11)13/h3-5,8-9H,6-7H2,1-2H3. The quantitative estimate of drug-likeness (QED) is 0.757. The molecule has 2 unspecified atom stereocenters. The third-order valence-corrected chi connectivity index (χ3v) is 3.50. The second-order valence-corrected chi connectivity index (χ2v) is 4.75. The predicted octanol–water partition coefficient (Wildman–Crippen LogP) is 1.98. The van der Waals surface area contributed by atoms with E-state index in [1.807, 2.05) is 6.07 Å². The van der Waals surface area contributed by atoms with Gasteiger partial charge in [-0.25, -0.2) is 0 Å². The van der Waals surface area contributed by atoms with Gasteiger partial charge in [0, 0.05) is 25.5 Å². The second kappa shape index (κ2) is 4.92. The van der Waals surface area contributed by atoms with Crippen LogP contribution in [0.15, 0.2) is 18.5 Å². The highest BCUT2D eigenvalue weighted by Gasteiger charge is 2.36. The molecule has 1 aliphatic rings. The van der Waals surface area contributed by atoms with Crippen LogP contribution in [0.25, 0.3) is 0 Å². The molecule has 0 saturated carbocycles. The van der Waals surface area contributed by atoms with Crippen molar-refractivity contribution in [3.05, 3.63) is 23.5 Å². The van der Waals surface area contributed by atoms with E-state index in [1.165, 1.54) is 7.11 Å². The normalized spacial score (nSPS) is 23.8. The fourth-order valence-corrected chi connectivity index (χ4v) is 2.48. The molecule has 0 radical (unpaired) electrons. The summed E-state index contributed by atoms with van der Waals surface area (Å²) in [6.45, 7) is 3.51. The number of carbonyl (C=O) groups excluding carboxylic acids is 1. The van der Waals surface area contributed by atoms with Gasteiger partial charge in [-0.1, -0.05) is 18.5 Å². The summed E-state index contributed by atoms with van der Waals surface area (Å²) in [6.07, 6.45) is 3.32. The Kier molecular flexibility index (Phi) is 3.52. The van der Waals surface area contributed by atoms with Crippen LogP contribution in [0.2, 0.25) is 5.02 Å². The number of esters is 1. The summed E-state index contributed by atoms with van der Waals surface area (Å²) in [5, 5.41) is 0.616. The molecule has 0 bridgehead atoms. The van der Waals surface area contributed by atoms with E-state index in [0.29, 0.717) is 11.6 Å². The van der Waals surface area contributed by atoms with Crippen LogP contribution in [0.3, 0.4) is 0 Å². The molecule has 2 rings (SSSR count). The lowest BCUT2D eigenvalue weighted by atomic mass is 9.99. The maximum atomic E-state index is 11.6. The van der Waals surface area contributed by atoms with Crippen LogP contribution in [0, 0.1) is 11.8 Å². The Balaban J connectivity index is 2.17. The van der Waals surface area contributed by atoms with E-state index in [0.717, 1.165) is 12.2 Å². The van der Waals surface area contributed by atoms with Gasteiger partial charge in [0.1, 0.15) is 0 Å². The average molecular weight is 255 g/mol. The molecule has 4 nitrogen and oxygen atoms in total. The van der Waals surface area contributed by atoms with Crippen molar-refractivity contribution in [3.63, 3.8) is 0 Å². The molecule has 92 valence electrons. The SMILES string of the molecule is COC(=O)C1CN(c2ccncc2Cl)CC1C. The summed E-state index contributed by atoms with van der Waals surface area (Å²) < 4.78 is 4.81. The molecular weight excluding hydrogens is 240 g/mol. The molecule has 0 spiro atoms. The molecule has 1 aromatic rings. The first-order valence-corrected chi connectivity index (χ1v) is 5.93. The zero-order chi connectivity index (χ0) is 12.4. The van der Waals surface area contributed by atoms with Gasteiger partial charge in [0.2, 0.25) is 0 Å². The van der Waals surface area contributed by atoms with Crippen molar-refractivity contribution in [2.24, 2.45) is 11.8 Å². The number of rotatable bonds is 2. The Morgan fingerprint density at radius 3 is 3.00 bits per heavy atom. The number of nitrogens with zero attached hydrogens (tertiary/aromatic N) is 2. The third kappa shape index (κ3) is 2.36. The molecule has 2 atom stereocenters. The average Bonchev–Trinajstić information content (AvgIpc) is 2.71. The topological polar surface area (TPSA) is 42.4 Å². The minimum Gasteiger partial charge on any atom is -0.469 e. The number of methoxy groups -OCH3 is 1. The molecule has 0 amide bonds. The van der Waals surface area contributed by atoms with Crippen LogP contribution in [0.5, 0.6) is 0 Å². The van der Waals surface area contributed by atoms with Crippen LogP contribution in [0.4, 0.5) is 5.69 Å². The summed E-state index contributed by atoms with van der Waals surface area (Å²) in [7, 11) is 1.43. The van der Waals surface area contributed by atoms with Crippen LogP contribution in [-0.2, 0) is 9.53 Å². The Labute approximate surface area is 106 Å². The van der Waals surface area contributed by atoms with Gasteiger partial charge in [-0.05, 0) is 12.0 Å². The van der Waals surface area contributed by atoms with Crippen molar-refractivity contribution in [1.29, 1.82) is 0 Å². The van der Waals surface area contributed by atoms with Crippen LogP contribution < -0.4 is 4.90 Å². The molecule has 5 heteroatoms. The van der Waals surface area contributed by atoms with Gasteiger partial charge in [-0.3, -0.25) is 9.78 Å². The van der Waals surface area contributed by atoms with Crippen molar-refractivity contribution in [1.82, 2.24) is 4.98 Å². The number of ether oxygens (including phenoxy) is 1. The second-order valence-electron chi connectivity index (χ2n) is 4.34. The van der Waals surface area contributed by atoms with E-state index in [1.54, 1.807) is 12.4 Å². The van der Waals surface area contributed by atoms with E-state index in [2.05, 4.69) is 16.8 Å². The smallest absolute Gasteiger partial charge is 0.310 e. The maximum absolute atomic E-state index is 11.6. The third-order valence-electron chi connectivity index (χ3n) is 3.21. The van der Waals surface area contributed by atoms with Crippen molar-refractivity contribution in [2.45, 2.75) is 6.92 Å². The Morgan fingerprint density at radius 1 is 1.59 bits per heavy atom. The highest BCUT2D eigenvalue weighted by atomic mass is 35.5. The van der Waals surface area contributed by atoms with E-state index >= 15 is 0 Å². The zero-order valence-corrected chi connectivity index (χ0v) is 10.6. The number of carbonyl (C=O) groups is 1. The molecular formula is C12H15ClN2O2. The minimum absolute atomic E-state index is 0.0794. The summed E-state index contributed by atoms with van der Waals surface area (Å²) >= 11 is 6.09. The first-order chi connectivity index (χ1) is 8.13. The summed E-state index contributed by atoms with van der Waals surface area (Å²) in [5.74, 6) is 0.0427. The van der Waals surface area contributed by atoms with Gasteiger partial charge >= 0.3 is 5.97 Å². The van der Waals surface area contributed by atoms with Crippen molar-refractivity contribution in [2.75, 3.05) is 25.1 Å². The van der Waals surface area contributed by atoms with Crippen LogP contribution in [-0.4, -0.2) is 31.2 Å². The Hall–Kier alpha value is -1.29. The fourth-order valence-electron chi connectivity index (χ4n) is 2.25. The van der Waals surface area contributed by atoms with Gasteiger partial charge < -0.3 is 9.64 Å². The lowest BCUT2D eigenvalue weighted by molar-refractivity contribution is -0.145. The molecule has 0 aromatic carbocycles. The van der Waals surface area contributed by atoms with Crippen molar-refractivity contribution in [3.8, 4) is 0 Å². The lowest BCUT2D eigenvalue weighted by Crippen LogP contribution is -2.24. The first-order valence-electron chi connectivity index (χ1n) is 5.55. The zero-order valence-electron chi connectivity index (χ0n) is 9.89. The predicted molar refractivity (Wildman–Crippen MR) is 66.1 cm³/mol. The molecule has 0 aliphatic carbocycles. The van der Waals surface area contributed by atoms with Crippen LogP contribution >= 0.6 is 11.6 Å². The molecule has 1 fully saturated rings. The molecule has 2 heterocycles. The number of aromatic nitrogens is 1. The fraction of sp³-hybridized carbons (Fsp3) is 0.500. The largest absolute Gasteiger partial charge is 0.469 e. The summed E-state index contributed by atoms with van der Waals surface area (Å²) in [5.41, 5.74) is 0.930. The molecule has 1 aromatic heterocycles. The minimum atomic E-state index is -0.148. The summed E-state index contributed by atoms with van der Waals surface area (Å²) in [4.78, 5) is 17.7.